The highest BCUT2D eigenvalue weighted by Gasteiger charge is 2.09. The van der Waals surface area contributed by atoms with Gasteiger partial charge in [0.1, 0.15) is 6.10 Å². The number of rotatable bonds is 8. The molecule has 0 aliphatic rings. The van der Waals surface area contributed by atoms with Crippen LogP contribution in [0.1, 0.15) is 24.8 Å². The Hall–Kier alpha value is -2.10. The van der Waals surface area contributed by atoms with Gasteiger partial charge in [0.05, 0.1) is 13.7 Å². The Bertz CT molecular complexity index is 429. The molecule has 0 amide bonds. The second kappa shape index (κ2) is 9.78. The molecule has 1 atom stereocenters. The van der Waals surface area contributed by atoms with Gasteiger partial charge >= 0.3 is 6.16 Å². The third-order valence-corrected chi connectivity index (χ3v) is 2.74. The van der Waals surface area contributed by atoms with Crippen molar-refractivity contribution in [3.05, 3.63) is 48.6 Å². The van der Waals surface area contributed by atoms with Crippen molar-refractivity contribution >= 4 is 12.4 Å². The number of hydrogen-bond donors (Lipinski definition) is 0. The Morgan fingerprint density at radius 2 is 2.15 bits per heavy atom. The minimum absolute atomic E-state index is 0.301. The molecule has 0 radical (unpaired) electrons. The van der Waals surface area contributed by atoms with E-state index in [2.05, 4.69) is 28.4 Å². The highest BCUT2D eigenvalue weighted by molar-refractivity contribution is 5.60. The zero-order valence-corrected chi connectivity index (χ0v) is 11.8. The first-order chi connectivity index (χ1) is 9.76. The molecule has 0 heterocycles. The number of methoxy groups -OCH3 is 1. The van der Waals surface area contributed by atoms with Gasteiger partial charge in [0.15, 0.2) is 0 Å². The SMILES string of the molecule is C=CC(CCCC=NCc1ccccc1)OC(=O)OC. The smallest absolute Gasteiger partial charge is 0.438 e. The number of ether oxygens (including phenoxy) is 2. The summed E-state index contributed by atoms with van der Waals surface area (Å²) in [5, 5.41) is 0. The van der Waals surface area contributed by atoms with Gasteiger partial charge in [0.25, 0.3) is 0 Å². The fourth-order valence-electron chi connectivity index (χ4n) is 1.65. The molecular weight excluding hydrogens is 254 g/mol. The van der Waals surface area contributed by atoms with E-state index in [1.54, 1.807) is 6.08 Å². The number of unbranched alkanes of at least 4 members (excludes halogenated alkanes) is 1. The minimum atomic E-state index is -0.673. The van der Waals surface area contributed by atoms with Crippen molar-refractivity contribution in [2.24, 2.45) is 4.99 Å². The number of hydrogen-bond acceptors (Lipinski definition) is 4. The summed E-state index contributed by atoms with van der Waals surface area (Å²) in [7, 11) is 1.29. The molecule has 1 aromatic rings. The van der Waals surface area contributed by atoms with Crippen LogP contribution in [-0.4, -0.2) is 25.6 Å². The molecule has 0 N–H and O–H groups in total. The third kappa shape index (κ3) is 6.73. The monoisotopic (exact) mass is 275 g/mol. The largest absolute Gasteiger partial charge is 0.508 e. The summed E-state index contributed by atoms with van der Waals surface area (Å²) in [5.74, 6) is 0. The molecule has 0 saturated carbocycles. The number of benzene rings is 1. The summed E-state index contributed by atoms with van der Waals surface area (Å²) in [6.45, 7) is 4.34. The maximum atomic E-state index is 11.0. The van der Waals surface area contributed by atoms with Crippen LogP contribution in [-0.2, 0) is 16.0 Å². The van der Waals surface area contributed by atoms with Crippen LogP contribution >= 0.6 is 0 Å². The Kier molecular flexibility index (Phi) is 7.80. The quantitative estimate of drug-likeness (QED) is 0.314. The van der Waals surface area contributed by atoms with Gasteiger partial charge in [-0.25, -0.2) is 4.79 Å². The molecule has 4 nitrogen and oxygen atoms in total. The summed E-state index contributed by atoms with van der Waals surface area (Å²) >= 11 is 0. The molecule has 0 bridgehead atoms. The van der Waals surface area contributed by atoms with Crippen LogP contribution in [0, 0.1) is 0 Å². The van der Waals surface area contributed by atoms with E-state index < -0.39 is 6.16 Å². The minimum Gasteiger partial charge on any atom is -0.438 e. The Balaban J connectivity index is 2.17. The van der Waals surface area contributed by atoms with Crippen molar-refractivity contribution in [2.45, 2.75) is 31.9 Å². The lowest BCUT2D eigenvalue weighted by Crippen LogP contribution is -2.15. The van der Waals surface area contributed by atoms with E-state index >= 15 is 0 Å². The summed E-state index contributed by atoms with van der Waals surface area (Å²) < 4.78 is 9.44. The third-order valence-electron chi connectivity index (χ3n) is 2.74. The standard InChI is InChI=1S/C16H21NO3/c1-3-15(20-16(18)19-2)11-7-8-12-17-13-14-9-5-4-6-10-14/h3-6,9-10,12,15H,1,7-8,11,13H2,2H3. The highest BCUT2D eigenvalue weighted by Crippen LogP contribution is 2.07. The average Bonchev–Trinajstić information content (AvgIpc) is 2.50. The molecule has 0 aliphatic heterocycles. The molecule has 1 aromatic carbocycles. The van der Waals surface area contributed by atoms with Gasteiger partial charge in [0.2, 0.25) is 0 Å². The van der Waals surface area contributed by atoms with E-state index in [-0.39, 0.29) is 6.10 Å². The lowest BCUT2D eigenvalue weighted by molar-refractivity contribution is 0.0497. The molecule has 4 heteroatoms. The molecule has 108 valence electrons. The normalized spacial score (nSPS) is 12.1. The maximum absolute atomic E-state index is 11.0. The summed E-state index contributed by atoms with van der Waals surface area (Å²) in [6.07, 6.45) is 4.99. The van der Waals surface area contributed by atoms with Crippen LogP contribution in [0.4, 0.5) is 4.79 Å². The number of carbonyl (C=O) groups excluding carboxylic acids is 1. The van der Waals surface area contributed by atoms with Gasteiger partial charge in [-0.2, -0.15) is 0 Å². The van der Waals surface area contributed by atoms with Crippen LogP contribution in [0.25, 0.3) is 0 Å². The fourth-order valence-corrected chi connectivity index (χ4v) is 1.65. The van der Waals surface area contributed by atoms with Gasteiger partial charge < -0.3 is 9.47 Å². The van der Waals surface area contributed by atoms with Crippen molar-refractivity contribution in [2.75, 3.05) is 7.11 Å². The van der Waals surface area contributed by atoms with E-state index in [9.17, 15) is 4.79 Å². The molecule has 0 saturated heterocycles. The van der Waals surface area contributed by atoms with Crippen LogP contribution in [0.3, 0.4) is 0 Å². The van der Waals surface area contributed by atoms with E-state index in [0.717, 1.165) is 19.3 Å². The zero-order chi connectivity index (χ0) is 14.6. The Morgan fingerprint density at radius 3 is 2.80 bits per heavy atom. The van der Waals surface area contributed by atoms with Crippen LogP contribution in [0.15, 0.2) is 48.0 Å². The van der Waals surface area contributed by atoms with Gasteiger partial charge in [-0.05, 0) is 31.0 Å². The predicted octanol–water partition coefficient (Wildman–Crippen LogP) is 3.77. The van der Waals surface area contributed by atoms with Crippen molar-refractivity contribution in [1.82, 2.24) is 0 Å². The van der Waals surface area contributed by atoms with Crippen molar-refractivity contribution in [1.29, 1.82) is 0 Å². The number of aliphatic imine (C=N–C) groups is 1. The highest BCUT2D eigenvalue weighted by atomic mass is 16.7. The van der Waals surface area contributed by atoms with Gasteiger partial charge in [-0.3, -0.25) is 4.99 Å². The molecule has 0 fully saturated rings. The van der Waals surface area contributed by atoms with Crippen molar-refractivity contribution < 1.29 is 14.3 Å². The first-order valence-electron chi connectivity index (χ1n) is 6.65. The molecule has 0 aromatic heterocycles. The fraction of sp³-hybridized carbons (Fsp3) is 0.375. The van der Waals surface area contributed by atoms with E-state index in [4.69, 9.17) is 4.74 Å². The maximum Gasteiger partial charge on any atom is 0.508 e. The summed E-state index contributed by atoms with van der Waals surface area (Å²) in [6, 6.07) is 10.1. The number of carbonyl (C=O) groups is 1. The molecule has 0 aliphatic carbocycles. The Morgan fingerprint density at radius 1 is 1.40 bits per heavy atom. The zero-order valence-electron chi connectivity index (χ0n) is 11.8. The van der Waals surface area contributed by atoms with Crippen LogP contribution in [0.2, 0.25) is 0 Å². The summed E-state index contributed by atoms with van der Waals surface area (Å²) in [4.78, 5) is 15.3. The van der Waals surface area contributed by atoms with Gasteiger partial charge in [-0.15, -0.1) is 0 Å². The lowest BCUT2D eigenvalue weighted by Gasteiger charge is -2.11. The molecule has 1 rings (SSSR count). The molecular formula is C16H21NO3. The van der Waals surface area contributed by atoms with Gasteiger partial charge in [-0.1, -0.05) is 43.0 Å². The first kappa shape index (κ1) is 16.0. The van der Waals surface area contributed by atoms with E-state index in [1.807, 2.05) is 24.4 Å². The second-order valence-corrected chi connectivity index (χ2v) is 4.29. The average molecular weight is 275 g/mol. The first-order valence-corrected chi connectivity index (χ1v) is 6.65. The molecule has 20 heavy (non-hydrogen) atoms. The van der Waals surface area contributed by atoms with E-state index in [0.29, 0.717) is 6.54 Å². The van der Waals surface area contributed by atoms with E-state index in [1.165, 1.54) is 12.7 Å². The lowest BCUT2D eigenvalue weighted by atomic mass is 10.1. The van der Waals surface area contributed by atoms with Crippen molar-refractivity contribution in [3.8, 4) is 0 Å². The summed E-state index contributed by atoms with van der Waals surface area (Å²) in [5.41, 5.74) is 1.20. The predicted molar refractivity (Wildman–Crippen MR) is 80.0 cm³/mol. The number of nitrogens with zero attached hydrogens (tertiary/aromatic N) is 1. The second-order valence-electron chi connectivity index (χ2n) is 4.29. The van der Waals surface area contributed by atoms with Crippen LogP contribution < -0.4 is 0 Å². The molecule has 1 unspecified atom stereocenters. The topological polar surface area (TPSA) is 47.9 Å². The van der Waals surface area contributed by atoms with Crippen molar-refractivity contribution in [3.63, 3.8) is 0 Å². The Labute approximate surface area is 120 Å². The van der Waals surface area contributed by atoms with Gasteiger partial charge in [0, 0.05) is 0 Å². The van der Waals surface area contributed by atoms with Crippen LogP contribution in [0.5, 0.6) is 0 Å². The molecule has 0 spiro atoms.